The zero-order valence-corrected chi connectivity index (χ0v) is 21.1. The fourth-order valence-electron chi connectivity index (χ4n) is 4.66. The first-order valence-corrected chi connectivity index (χ1v) is 13.7. The maximum Gasteiger partial charge on any atom is 0.244 e. The maximum atomic E-state index is 13.2. The van der Waals surface area contributed by atoms with Gasteiger partial charge in [0.05, 0.1) is 11.9 Å². The van der Waals surface area contributed by atoms with E-state index in [-0.39, 0.29) is 5.91 Å². The highest BCUT2D eigenvalue weighted by Crippen LogP contribution is 2.25. The van der Waals surface area contributed by atoms with Crippen LogP contribution in [0.5, 0.6) is 0 Å². The van der Waals surface area contributed by atoms with E-state index in [1.807, 2.05) is 51.1 Å². The molecule has 1 amide bonds. The Hall–Kier alpha value is -2.38. The third-order valence-electron chi connectivity index (χ3n) is 6.10. The molecule has 6 nitrogen and oxygen atoms in total. The normalized spacial score (nSPS) is 15.8. The van der Waals surface area contributed by atoms with E-state index in [4.69, 9.17) is 0 Å². The minimum Gasteiger partial charge on any atom is -0.350 e. The highest BCUT2D eigenvalue weighted by molar-refractivity contribution is 7.92. The van der Waals surface area contributed by atoms with Crippen molar-refractivity contribution in [2.24, 2.45) is 0 Å². The molecule has 1 atom stereocenters. The van der Waals surface area contributed by atoms with Gasteiger partial charge < -0.3 is 5.32 Å². The lowest BCUT2D eigenvalue weighted by Gasteiger charge is -2.30. The second-order valence-corrected chi connectivity index (χ2v) is 11.1. The van der Waals surface area contributed by atoms with Crippen LogP contribution in [0.3, 0.4) is 0 Å². The number of anilines is 1. The first-order valence-electron chi connectivity index (χ1n) is 11.8. The molecule has 1 saturated heterocycles. The number of aryl methyl sites for hydroxylation is 2. The molecule has 2 aromatic carbocycles. The molecule has 1 heterocycles. The lowest BCUT2D eigenvalue weighted by molar-refractivity contribution is -0.122. The Morgan fingerprint density at radius 2 is 1.67 bits per heavy atom. The summed E-state index contributed by atoms with van der Waals surface area (Å²) in [4.78, 5) is 15.6. The number of carbonyl (C=O) groups is 1. The van der Waals surface area contributed by atoms with Gasteiger partial charge in [-0.05, 0) is 80.6 Å². The van der Waals surface area contributed by atoms with Gasteiger partial charge in [-0.15, -0.1) is 0 Å². The highest BCUT2D eigenvalue weighted by Gasteiger charge is 2.31. The van der Waals surface area contributed by atoms with Crippen LogP contribution in [-0.2, 0) is 27.9 Å². The molecule has 0 spiro atoms. The van der Waals surface area contributed by atoms with E-state index < -0.39 is 16.1 Å². The van der Waals surface area contributed by atoms with E-state index in [0.717, 1.165) is 42.6 Å². The van der Waals surface area contributed by atoms with Crippen molar-refractivity contribution in [3.05, 3.63) is 64.7 Å². The van der Waals surface area contributed by atoms with Crippen LogP contribution in [0.25, 0.3) is 0 Å². The number of sulfonamides is 1. The lowest BCUT2D eigenvalue weighted by Crippen LogP contribution is -2.49. The summed E-state index contributed by atoms with van der Waals surface area (Å²) in [7, 11) is -3.65. The van der Waals surface area contributed by atoms with Gasteiger partial charge in [-0.3, -0.25) is 14.0 Å². The second-order valence-electron chi connectivity index (χ2n) is 9.20. The van der Waals surface area contributed by atoms with Gasteiger partial charge in [-0.25, -0.2) is 8.42 Å². The monoisotopic (exact) mass is 471 g/mol. The molecule has 0 radical (unpaired) electrons. The summed E-state index contributed by atoms with van der Waals surface area (Å²) in [6, 6.07) is 13.1. The van der Waals surface area contributed by atoms with E-state index in [9.17, 15) is 13.2 Å². The van der Waals surface area contributed by atoms with Crippen molar-refractivity contribution in [2.45, 2.75) is 65.6 Å². The Kier molecular flexibility index (Phi) is 8.54. The molecule has 0 bridgehead atoms. The Balaban J connectivity index is 1.72. The fourth-order valence-corrected chi connectivity index (χ4v) is 5.85. The summed E-state index contributed by atoms with van der Waals surface area (Å²) in [5.41, 5.74) is 4.70. The fraction of sp³-hybridized carbons (Fsp3) is 0.500. The van der Waals surface area contributed by atoms with Crippen molar-refractivity contribution in [1.29, 1.82) is 0 Å². The Morgan fingerprint density at radius 3 is 2.27 bits per heavy atom. The third kappa shape index (κ3) is 7.05. The molecule has 0 saturated carbocycles. The number of carbonyl (C=O) groups excluding carboxylic acids is 1. The Morgan fingerprint density at radius 1 is 1.03 bits per heavy atom. The van der Waals surface area contributed by atoms with E-state index in [2.05, 4.69) is 22.3 Å². The number of hydrogen-bond donors (Lipinski definition) is 1. The van der Waals surface area contributed by atoms with Crippen LogP contribution in [-0.4, -0.2) is 44.6 Å². The van der Waals surface area contributed by atoms with Gasteiger partial charge in [0.2, 0.25) is 15.9 Å². The molecule has 7 heteroatoms. The first-order chi connectivity index (χ1) is 15.7. The average Bonchev–Trinajstić information content (AvgIpc) is 2.75. The van der Waals surface area contributed by atoms with Gasteiger partial charge in [0.25, 0.3) is 0 Å². The van der Waals surface area contributed by atoms with Gasteiger partial charge in [-0.1, -0.05) is 43.7 Å². The van der Waals surface area contributed by atoms with E-state index in [1.54, 1.807) is 0 Å². The van der Waals surface area contributed by atoms with Gasteiger partial charge in [0, 0.05) is 13.1 Å². The largest absolute Gasteiger partial charge is 0.350 e. The number of rotatable bonds is 9. The van der Waals surface area contributed by atoms with E-state index in [1.165, 1.54) is 29.1 Å². The zero-order valence-electron chi connectivity index (χ0n) is 20.3. The zero-order chi connectivity index (χ0) is 24.0. The molecule has 33 heavy (non-hydrogen) atoms. The molecule has 3 rings (SSSR count). The van der Waals surface area contributed by atoms with Crippen molar-refractivity contribution in [2.75, 3.05) is 23.7 Å². The van der Waals surface area contributed by atoms with E-state index >= 15 is 0 Å². The number of amides is 1. The molecule has 1 aliphatic heterocycles. The highest BCUT2D eigenvalue weighted by atomic mass is 32.2. The number of piperidine rings is 1. The van der Waals surface area contributed by atoms with Crippen LogP contribution in [0.1, 0.15) is 54.9 Å². The van der Waals surface area contributed by atoms with Gasteiger partial charge in [0.1, 0.15) is 6.04 Å². The van der Waals surface area contributed by atoms with Crippen molar-refractivity contribution >= 4 is 21.6 Å². The molecule has 1 aliphatic rings. The first kappa shape index (κ1) is 25.2. The Bertz CT molecular complexity index is 1040. The summed E-state index contributed by atoms with van der Waals surface area (Å²) < 4.78 is 26.7. The Labute approximate surface area is 199 Å². The van der Waals surface area contributed by atoms with Crippen LogP contribution in [0.2, 0.25) is 0 Å². The summed E-state index contributed by atoms with van der Waals surface area (Å²) in [6.45, 7) is 9.26. The second kappa shape index (κ2) is 11.2. The smallest absolute Gasteiger partial charge is 0.244 e. The minimum absolute atomic E-state index is 0.288. The molecule has 1 N–H and O–H groups in total. The maximum absolute atomic E-state index is 13.2. The van der Waals surface area contributed by atoms with Crippen molar-refractivity contribution in [3.63, 3.8) is 0 Å². The molecule has 180 valence electrons. The number of nitrogens with one attached hydrogen (secondary N) is 1. The SMILES string of the molecule is CCC(C(=O)NCc1cccc(CN2CCCCC2)c1)N(c1cc(C)cc(C)c1)S(C)(=O)=O. The summed E-state index contributed by atoms with van der Waals surface area (Å²) >= 11 is 0. The quantitative estimate of drug-likeness (QED) is 0.597. The molecular weight excluding hydrogens is 434 g/mol. The number of nitrogens with zero attached hydrogens (tertiary/aromatic N) is 2. The topological polar surface area (TPSA) is 69.7 Å². The summed E-state index contributed by atoms with van der Waals surface area (Å²) in [6.07, 6.45) is 5.36. The van der Waals surface area contributed by atoms with Crippen molar-refractivity contribution in [3.8, 4) is 0 Å². The van der Waals surface area contributed by atoms with Gasteiger partial charge in [0.15, 0.2) is 0 Å². The number of likely N-dealkylation sites (tertiary alicyclic amines) is 1. The van der Waals surface area contributed by atoms with Gasteiger partial charge in [-0.2, -0.15) is 0 Å². The van der Waals surface area contributed by atoms with Gasteiger partial charge >= 0.3 is 0 Å². The predicted octanol–water partition coefficient (Wildman–Crippen LogP) is 4.15. The van der Waals surface area contributed by atoms with Crippen LogP contribution >= 0.6 is 0 Å². The average molecular weight is 472 g/mol. The summed E-state index contributed by atoms with van der Waals surface area (Å²) in [5.74, 6) is -0.288. The molecule has 1 fully saturated rings. The summed E-state index contributed by atoms with van der Waals surface area (Å²) in [5, 5.41) is 2.97. The third-order valence-corrected chi connectivity index (χ3v) is 7.28. The minimum atomic E-state index is -3.65. The van der Waals surface area contributed by atoms with Crippen LogP contribution < -0.4 is 9.62 Å². The van der Waals surface area contributed by atoms with Crippen LogP contribution in [0.4, 0.5) is 5.69 Å². The number of hydrogen-bond acceptors (Lipinski definition) is 4. The lowest BCUT2D eigenvalue weighted by atomic mass is 10.1. The van der Waals surface area contributed by atoms with Crippen molar-refractivity contribution < 1.29 is 13.2 Å². The molecule has 0 aliphatic carbocycles. The van der Waals surface area contributed by atoms with E-state index in [0.29, 0.717) is 18.7 Å². The molecular formula is C26H37N3O3S. The predicted molar refractivity (Wildman–Crippen MR) is 135 cm³/mol. The van der Waals surface area contributed by atoms with Crippen molar-refractivity contribution in [1.82, 2.24) is 10.2 Å². The molecule has 0 aromatic heterocycles. The number of benzene rings is 2. The molecule has 2 aromatic rings. The van der Waals surface area contributed by atoms with Crippen LogP contribution in [0.15, 0.2) is 42.5 Å². The van der Waals surface area contributed by atoms with Crippen LogP contribution in [0, 0.1) is 13.8 Å². The standard InChI is InChI=1S/C26H37N3O3S/c1-5-25(29(33(4,31)32)24-15-20(2)14-21(3)16-24)26(30)27-18-22-10-9-11-23(17-22)19-28-12-7-6-8-13-28/h9-11,14-17,25H,5-8,12-13,18-19H2,1-4H3,(H,27,30). The molecule has 1 unspecified atom stereocenters.